The maximum Gasteiger partial charge on any atom is 0.122 e. The van der Waals surface area contributed by atoms with Crippen molar-refractivity contribution < 1.29 is 9.47 Å². The average molecular weight is 283 g/mol. The van der Waals surface area contributed by atoms with E-state index in [4.69, 9.17) is 9.47 Å². The van der Waals surface area contributed by atoms with Gasteiger partial charge in [-0.05, 0) is 36.7 Å². The molecule has 1 aliphatic heterocycles. The molecule has 1 saturated heterocycles. The molecular formula is C18H21NO2. The van der Waals surface area contributed by atoms with Crippen molar-refractivity contribution in [3.05, 3.63) is 59.7 Å². The highest BCUT2D eigenvalue weighted by atomic mass is 16.5. The highest BCUT2D eigenvalue weighted by molar-refractivity contribution is 5.44. The minimum Gasteiger partial charge on any atom is -0.497 e. The summed E-state index contributed by atoms with van der Waals surface area (Å²) in [7, 11) is 3.43. The van der Waals surface area contributed by atoms with Crippen LogP contribution in [-0.2, 0) is 0 Å². The summed E-state index contributed by atoms with van der Waals surface area (Å²) >= 11 is 0. The van der Waals surface area contributed by atoms with Gasteiger partial charge in [0.25, 0.3) is 0 Å². The van der Waals surface area contributed by atoms with Crippen molar-refractivity contribution in [1.82, 2.24) is 5.32 Å². The molecule has 2 aromatic carbocycles. The molecule has 2 aromatic rings. The molecule has 110 valence electrons. The van der Waals surface area contributed by atoms with E-state index in [9.17, 15) is 0 Å². The molecule has 2 unspecified atom stereocenters. The van der Waals surface area contributed by atoms with Gasteiger partial charge in [-0.25, -0.2) is 0 Å². The van der Waals surface area contributed by atoms with Crippen LogP contribution in [-0.4, -0.2) is 20.8 Å². The number of benzene rings is 2. The minimum atomic E-state index is 0.326. The molecule has 3 heteroatoms. The zero-order chi connectivity index (χ0) is 14.7. The molecule has 0 radical (unpaired) electrons. The maximum absolute atomic E-state index is 5.56. The lowest BCUT2D eigenvalue weighted by Crippen LogP contribution is -2.17. The maximum atomic E-state index is 5.56. The Morgan fingerprint density at radius 1 is 1.00 bits per heavy atom. The molecule has 21 heavy (non-hydrogen) atoms. The Morgan fingerprint density at radius 3 is 2.52 bits per heavy atom. The van der Waals surface area contributed by atoms with E-state index in [1.165, 1.54) is 11.1 Å². The summed E-state index contributed by atoms with van der Waals surface area (Å²) in [6, 6.07) is 17.0. The topological polar surface area (TPSA) is 30.5 Å². The average Bonchev–Trinajstić information content (AvgIpc) is 3.04. The number of hydrogen-bond acceptors (Lipinski definition) is 3. The summed E-state index contributed by atoms with van der Waals surface area (Å²) in [4.78, 5) is 0. The van der Waals surface area contributed by atoms with Gasteiger partial charge in [0.1, 0.15) is 11.5 Å². The quantitative estimate of drug-likeness (QED) is 0.931. The molecule has 1 aliphatic rings. The summed E-state index contributed by atoms with van der Waals surface area (Å²) in [5.41, 5.74) is 2.54. The predicted octanol–water partition coefficient (Wildman–Crippen LogP) is 3.52. The van der Waals surface area contributed by atoms with Crippen molar-refractivity contribution in [1.29, 1.82) is 0 Å². The zero-order valence-electron chi connectivity index (χ0n) is 12.5. The summed E-state index contributed by atoms with van der Waals surface area (Å²) in [6.07, 6.45) is 1.10. The smallest absolute Gasteiger partial charge is 0.122 e. The fraction of sp³-hybridized carbons (Fsp3) is 0.333. The van der Waals surface area contributed by atoms with E-state index in [0.717, 1.165) is 24.5 Å². The molecule has 3 nitrogen and oxygen atoms in total. The van der Waals surface area contributed by atoms with Gasteiger partial charge in [0.05, 0.1) is 14.2 Å². The Labute approximate surface area is 125 Å². The van der Waals surface area contributed by atoms with E-state index in [2.05, 4.69) is 41.7 Å². The largest absolute Gasteiger partial charge is 0.497 e. The molecule has 0 saturated carbocycles. The van der Waals surface area contributed by atoms with Crippen LogP contribution in [0.3, 0.4) is 0 Å². The molecule has 1 N–H and O–H groups in total. The van der Waals surface area contributed by atoms with E-state index >= 15 is 0 Å². The molecule has 0 spiro atoms. The fourth-order valence-electron chi connectivity index (χ4n) is 3.18. The standard InChI is InChI=1S/C18H21NO2/c1-20-14-8-9-17(21-2)16(12-14)15-10-11-19-18(15)13-6-4-3-5-7-13/h3-9,12,15,18-19H,10-11H2,1-2H3. The Bertz CT molecular complexity index is 597. The van der Waals surface area contributed by atoms with Gasteiger partial charge < -0.3 is 14.8 Å². The summed E-state index contributed by atoms with van der Waals surface area (Å²) in [5.74, 6) is 2.22. The lowest BCUT2D eigenvalue weighted by Gasteiger charge is -2.23. The van der Waals surface area contributed by atoms with Crippen LogP contribution < -0.4 is 14.8 Å². The molecule has 3 rings (SSSR count). The van der Waals surface area contributed by atoms with E-state index in [-0.39, 0.29) is 0 Å². The number of methoxy groups -OCH3 is 2. The number of hydrogen-bond donors (Lipinski definition) is 1. The first-order chi connectivity index (χ1) is 10.3. The van der Waals surface area contributed by atoms with Gasteiger partial charge in [0.15, 0.2) is 0 Å². The van der Waals surface area contributed by atoms with Gasteiger partial charge in [-0.15, -0.1) is 0 Å². The second-order valence-electron chi connectivity index (χ2n) is 5.35. The molecule has 1 heterocycles. The molecule has 2 atom stereocenters. The van der Waals surface area contributed by atoms with Crippen LogP contribution in [0.1, 0.15) is 29.5 Å². The normalized spacial score (nSPS) is 21.2. The lowest BCUT2D eigenvalue weighted by atomic mass is 9.87. The summed E-state index contributed by atoms with van der Waals surface area (Å²) < 4.78 is 10.9. The number of nitrogens with one attached hydrogen (secondary N) is 1. The monoisotopic (exact) mass is 283 g/mol. The molecule has 0 bridgehead atoms. The van der Waals surface area contributed by atoms with Crippen LogP contribution in [0.4, 0.5) is 0 Å². The van der Waals surface area contributed by atoms with Crippen molar-refractivity contribution in [3.63, 3.8) is 0 Å². The molecule has 0 aliphatic carbocycles. The first-order valence-electron chi connectivity index (χ1n) is 7.33. The lowest BCUT2D eigenvalue weighted by molar-refractivity contribution is 0.392. The SMILES string of the molecule is COc1ccc(OC)c(C2CCNC2c2ccccc2)c1. The fourth-order valence-corrected chi connectivity index (χ4v) is 3.18. The highest BCUT2D eigenvalue weighted by Crippen LogP contribution is 2.42. The third kappa shape index (κ3) is 2.74. The Morgan fingerprint density at radius 2 is 1.81 bits per heavy atom. The van der Waals surface area contributed by atoms with Crippen LogP contribution in [0.2, 0.25) is 0 Å². The van der Waals surface area contributed by atoms with Gasteiger partial charge in [-0.2, -0.15) is 0 Å². The van der Waals surface area contributed by atoms with E-state index in [1.807, 2.05) is 12.1 Å². The molecule has 1 fully saturated rings. The third-order valence-corrected chi connectivity index (χ3v) is 4.22. The van der Waals surface area contributed by atoms with Crippen molar-refractivity contribution in [3.8, 4) is 11.5 Å². The van der Waals surface area contributed by atoms with Gasteiger partial charge in [-0.1, -0.05) is 30.3 Å². The highest BCUT2D eigenvalue weighted by Gasteiger charge is 2.31. The summed E-state index contributed by atoms with van der Waals surface area (Å²) in [5, 5.41) is 3.61. The molecule has 0 amide bonds. The first kappa shape index (κ1) is 14.0. The minimum absolute atomic E-state index is 0.326. The van der Waals surface area contributed by atoms with Crippen LogP contribution in [0.5, 0.6) is 11.5 Å². The second-order valence-corrected chi connectivity index (χ2v) is 5.35. The zero-order valence-corrected chi connectivity index (χ0v) is 12.5. The van der Waals surface area contributed by atoms with Crippen LogP contribution >= 0.6 is 0 Å². The van der Waals surface area contributed by atoms with Crippen molar-refractivity contribution in [2.75, 3.05) is 20.8 Å². The van der Waals surface area contributed by atoms with E-state index in [0.29, 0.717) is 12.0 Å². The van der Waals surface area contributed by atoms with Crippen LogP contribution in [0, 0.1) is 0 Å². The van der Waals surface area contributed by atoms with E-state index in [1.54, 1.807) is 14.2 Å². The Balaban J connectivity index is 1.98. The predicted molar refractivity (Wildman–Crippen MR) is 84.1 cm³/mol. The third-order valence-electron chi connectivity index (χ3n) is 4.22. The molecule has 0 aromatic heterocycles. The van der Waals surface area contributed by atoms with Crippen LogP contribution in [0.25, 0.3) is 0 Å². The van der Waals surface area contributed by atoms with Crippen molar-refractivity contribution in [2.24, 2.45) is 0 Å². The number of rotatable bonds is 4. The van der Waals surface area contributed by atoms with Gasteiger partial charge >= 0.3 is 0 Å². The number of ether oxygens (including phenoxy) is 2. The van der Waals surface area contributed by atoms with E-state index < -0.39 is 0 Å². The second kappa shape index (κ2) is 6.19. The Hall–Kier alpha value is -2.00. The Kier molecular flexibility index (Phi) is 4.11. The van der Waals surface area contributed by atoms with Gasteiger partial charge in [0, 0.05) is 17.5 Å². The van der Waals surface area contributed by atoms with Crippen LogP contribution in [0.15, 0.2) is 48.5 Å². The van der Waals surface area contributed by atoms with Crippen molar-refractivity contribution in [2.45, 2.75) is 18.4 Å². The van der Waals surface area contributed by atoms with Crippen molar-refractivity contribution >= 4 is 0 Å². The van der Waals surface area contributed by atoms with Gasteiger partial charge in [-0.3, -0.25) is 0 Å². The van der Waals surface area contributed by atoms with Gasteiger partial charge in [0.2, 0.25) is 0 Å². The summed E-state index contributed by atoms with van der Waals surface area (Å²) in [6.45, 7) is 1.02. The molecular weight excluding hydrogens is 262 g/mol. The first-order valence-corrected chi connectivity index (χ1v) is 7.33.